The van der Waals surface area contributed by atoms with E-state index in [0.29, 0.717) is 10.6 Å². The molecular weight excluding hydrogens is 336 g/mol. The minimum absolute atomic E-state index is 0.0357. The molecule has 23 heavy (non-hydrogen) atoms. The molecule has 1 unspecified atom stereocenters. The Hall–Kier alpha value is -1.89. The van der Waals surface area contributed by atoms with Gasteiger partial charge in [-0.2, -0.15) is 0 Å². The Bertz CT molecular complexity index is 819. The van der Waals surface area contributed by atoms with E-state index in [9.17, 15) is 13.2 Å². The molecule has 0 aliphatic carbocycles. The Kier molecular flexibility index (Phi) is 5.09. The molecule has 0 heterocycles. The SMILES string of the molecule is CC(c1ccc(S(N)(=O)=O)cc1)N(C)C(=O)c1ccccc1Cl. The van der Waals surface area contributed by atoms with E-state index < -0.39 is 10.0 Å². The Morgan fingerprint density at radius 1 is 1.13 bits per heavy atom. The van der Waals surface area contributed by atoms with E-state index in [-0.39, 0.29) is 16.8 Å². The summed E-state index contributed by atoms with van der Waals surface area (Å²) >= 11 is 6.06. The molecule has 0 aliphatic rings. The number of nitrogens with two attached hydrogens (primary N) is 1. The second kappa shape index (κ2) is 6.70. The number of primary sulfonamides is 1. The van der Waals surface area contributed by atoms with Crippen LogP contribution in [0, 0.1) is 0 Å². The van der Waals surface area contributed by atoms with E-state index in [0.717, 1.165) is 5.56 Å². The fourth-order valence-electron chi connectivity index (χ4n) is 2.16. The zero-order valence-corrected chi connectivity index (χ0v) is 14.3. The molecule has 1 amide bonds. The number of rotatable bonds is 4. The van der Waals surface area contributed by atoms with Crippen LogP contribution in [0.15, 0.2) is 53.4 Å². The molecule has 0 bridgehead atoms. The second-order valence-corrected chi connectivity index (χ2v) is 7.15. The van der Waals surface area contributed by atoms with Gasteiger partial charge in [-0.1, -0.05) is 35.9 Å². The van der Waals surface area contributed by atoms with Gasteiger partial charge in [0.15, 0.2) is 0 Å². The van der Waals surface area contributed by atoms with Crippen molar-refractivity contribution in [3.05, 3.63) is 64.7 Å². The highest BCUT2D eigenvalue weighted by atomic mass is 35.5. The molecule has 122 valence electrons. The third-order valence-corrected chi connectivity index (χ3v) is 4.96. The van der Waals surface area contributed by atoms with E-state index in [2.05, 4.69) is 0 Å². The molecule has 5 nitrogen and oxygen atoms in total. The highest BCUT2D eigenvalue weighted by Gasteiger charge is 2.21. The van der Waals surface area contributed by atoms with Gasteiger partial charge in [-0.15, -0.1) is 0 Å². The molecule has 0 radical (unpaired) electrons. The Morgan fingerprint density at radius 3 is 2.22 bits per heavy atom. The van der Waals surface area contributed by atoms with Crippen molar-refractivity contribution < 1.29 is 13.2 Å². The quantitative estimate of drug-likeness (QED) is 0.918. The summed E-state index contributed by atoms with van der Waals surface area (Å²) in [6.45, 7) is 1.85. The summed E-state index contributed by atoms with van der Waals surface area (Å²) in [7, 11) is -2.06. The van der Waals surface area contributed by atoms with Gasteiger partial charge >= 0.3 is 0 Å². The first-order valence-electron chi connectivity index (χ1n) is 6.86. The molecule has 2 aromatic carbocycles. The monoisotopic (exact) mass is 352 g/mol. The van der Waals surface area contributed by atoms with E-state index in [1.807, 2.05) is 6.92 Å². The van der Waals surface area contributed by atoms with Crippen molar-refractivity contribution in [1.29, 1.82) is 0 Å². The number of hydrogen-bond donors (Lipinski definition) is 1. The van der Waals surface area contributed by atoms with Crippen LogP contribution in [-0.4, -0.2) is 26.3 Å². The van der Waals surface area contributed by atoms with Crippen LogP contribution in [0.25, 0.3) is 0 Å². The van der Waals surface area contributed by atoms with Crippen LogP contribution in [0.4, 0.5) is 0 Å². The average Bonchev–Trinajstić information content (AvgIpc) is 2.52. The number of sulfonamides is 1. The highest BCUT2D eigenvalue weighted by molar-refractivity contribution is 7.89. The summed E-state index contributed by atoms with van der Waals surface area (Å²) < 4.78 is 22.6. The molecular formula is C16H17ClN2O3S. The van der Waals surface area contributed by atoms with Crippen LogP contribution in [0.3, 0.4) is 0 Å². The molecule has 0 saturated carbocycles. The van der Waals surface area contributed by atoms with Gasteiger partial charge in [0.25, 0.3) is 5.91 Å². The van der Waals surface area contributed by atoms with Crippen molar-refractivity contribution in [3.8, 4) is 0 Å². The van der Waals surface area contributed by atoms with Crippen LogP contribution in [0.5, 0.6) is 0 Å². The minimum Gasteiger partial charge on any atom is -0.335 e. The molecule has 2 rings (SSSR count). The molecule has 0 aliphatic heterocycles. The minimum atomic E-state index is -3.73. The lowest BCUT2D eigenvalue weighted by Crippen LogP contribution is -2.29. The van der Waals surface area contributed by atoms with E-state index in [1.54, 1.807) is 48.3 Å². The van der Waals surface area contributed by atoms with Gasteiger partial charge < -0.3 is 4.90 Å². The summed E-state index contributed by atoms with van der Waals surface area (Å²) in [5.41, 5.74) is 1.21. The van der Waals surface area contributed by atoms with Gasteiger partial charge in [0, 0.05) is 7.05 Å². The molecule has 0 aromatic heterocycles. The summed E-state index contributed by atoms with van der Waals surface area (Å²) in [5.74, 6) is -0.210. The van der Waals surface area contributed by atoms with Crippen LogP contribution in [0.2, 0.25) is 5.02 Å². The van der Waals surface area contributed by atoms with Crippen molar-refractivity contribution in [2.75, 3.05) is 7.05 Å². The lowest BCUT2D eigenvalue weighted by Gasteiger charge is -2.26. The lowest BCUT2D eigenvalue weighted by molar-refractivity contribution is 0.0743. The standard InChI is InChI=1S/C16H17ClN2O3S/c1-11(12-7-9-13(10-8-12)23(18,21)22)19(2)16(20)14-5-3-4-6-15(14)17/h3-11H,1-2H3,(H2,18,21,22). The summed E-state index contributed by atoms with van der Waals surface area (Å²) in [6, 6.07) is 12.7. The smallest absolute Gasteiger partial charge is 0.255 e. The van der Waals surface area contributed by atoms with Gasteiger partial charge in [0.05, 0.1) is 21.5 Å². The first-order valence-corrected chi connectivity index (χ1v) is 8.78. The predicted octanol–water partition coefficient (Wildman–Crippen LogP) is 2.82. The topological polar surface area (TPSA) is 80.5 Å². The molecule has 0 fully saturated rings. The van der Waals surface area contributed by atoms with Gasteiger partial charge in [0.1, 0.15) is 0 Å². The van der Waals surface area contributed by atoms with Gasteiger partial charge in [-0.3, -0.25) is 4.79 Å². The zero-order valence-electron chi connectivity index (χ0n) is 12.7. The molecule has 2 aromatic rings. The maximum atomic E-state index is 12.5. The lowest BCUT2D eigenvalue weighted by atomic mass is 10.1. The molecule has 0 saturated heterocycles. The second-order valence-electron chi connectivity index (χ2n) is 5.19. The average molecular weight is 353 g/mol. The third-order valence-electron chi connectivity index (χ3n) is 3.70. The van der Waals surface area contributed by atoms with Crippen molar-refractivity contribution in [2.24, 2.45) is 5.14 Å². The molecule has 1 atom stereocenters. The largest absolute Gasteiger partial charge is 0.335 e. The molecule has 2 N–H and O–H groups in total. The van der Waals surface area contributed by atoms with Gasteiger partial charge in [0.2, 0.25) is 10.0 Å². The Labute approximate surface area is 140 Å². The highest BCUT2D eigenvalue weighted by Crippen LogP contribution is 2.24. The molecule has 7 heteroatoms. The van der Waals surface area contributed by atoms with Crippen LogP contribution in [-0.2, 0) is 10.0 Å². The van der Waals surface area contributed by atoms with Crippen LogP contribution in [0.1, 0.15) is 28.9 Å². The number of carbonyl (C=O) groups is 1. The number of amides is 1. The zero-order chi connectivity index (χ0) is 17.2. The first kappa shape index (κ1) is 17.5. The fourth-order valence-corrected chi connectivity index (χ4v) is 2.89. The van der Waals surface area contributed by atoms with Gasteiger partial charge in [-0.05, 0) is 36.8 Å². The number of hydrogen-bond acceptors (Lipinski definition) is 3. The summed E-state index contributed by atoms with van der Waals surface area (Å²) in [6.07, 6.45) is 0. The normalized spacial score (nSPS) is 12.7. The Balaban J connectivity index is 2.24. The van der Waals surface area contributed by atoms with Crippen molar-refractivity contribution >= 4 is 27.5 Å². The number of carbonyl (C=O) groups excluding carboxylic acids is 1. The van der Waals surface area contributed by atoms with E-state index in [4.69, 9.17) is 16.7 Å². The van der Waals surface area contributed by atoms with Crippen LogP contribution < -0.4 is 5.14 Å². The third kappa shape index (κ3) is 3.90. The maximum absolute atomic E-state index is 12.5. The first-order chi connectivity index (χ1) is 10.7. The summed E-state index contributed by atoms with van der Waals surface area (Å²) in [5, 5.41) is 5.47. The fraction of sp³-hybridized carbons (Fsp3) is 0.188. The van der Waals surface area contributed by atoms with Crippen molar-refractivity contribution in [1.82, 2.24) is 4.90 Å². The summed E-state index contributed by atoms with van der Waals surface area (Å²) in [4.78, 5) is 14.1. The van der Waals surface area contributed by atoms with E-state index in [1.165, 1.54) is 12.1 Å². The van der Waals surface area contributed by atoms with Crippen LogP contribution >= 0.6 is 11.6 Å². The molecule has 0 spiro atoms. The number of benzene rings is 2. The van der Waals surface area contributed by atoms with Gasteiger partial charge in [-0.25, -0.2) is 13.6 Å². The van der Waals surface area contributed by atoms with Crippen molar-refractivity contribution in [2.45, 2.75) is 17.9 Å². The maximum Gasteiger partial charge on any atom is 0.255 e. The Morgan fingerprint density at radius 2 is 1.70 bits per heavy atom. The number of nitrogens with zero attached hydrogens (tertiary/aromatic N) is 1. The predicted molar refractivity (Wildman–Crippen MR) is 89.8 cm³/mol. The van der Waals surface area contributed by atoms with Crippen molar-refractivity contribution in [3.63, 3.8) is 0 Å². The van der Waals surface area contributed by atoms with E-state index >= 15 is 0 Å². The number of halogens is 1.